The summed E-state index contributed by atoms with van der Waals surface area (Å²) in [4.78, 5) is 0. The molecule has 3 heterocycles. The Kier molecular flexibility index (Phi) is 6.81. The van der Waals surface area contributed by atoms with Crippen LogP contribution in [0.4, 0.5) is 0 Å². The van der Waals surface area contributed by atoms with Gasteiger partial charge >= 0.3 is 21.1 Å². The van der Waals surface area contributed by atoms with E-state index in [0.717, 1.165) is 11.4 Å². The Morgan fingerprint density at radius 1 is 0.629 bits per heavy atom. The maximum Gasteiger partial charge on any atom is 4.00 e. The number of rotatable bonds is 4. The van der Waals surface area contributed by atoms with E-state index in [0.29, 0.717) is 0 Å². The maximum absolute atomic E-state index is 3.46. The molecule has 0 saturated heterocycles. The number of benzene rings is 2. The van der Waals surface area contributed by atoms with Crippen molar-refractivity contribution in [3.63, 3.8) is 0 Å². The van der Waals surface area contributed by atoms with Crippen molar-refractivity contribution in [3.8, 4) is 11.4 Å². The topological polar surface area (TPSA) is 19.7 Å². The van der Waals surface area contributed by atoms with Gasteiger partial charge in [-0.2, -0.15) is 60.7 Å². The summed E-state index contributed by atoms with van der Waals surface area (Å²) in [7, 11) is 0. The molecule has 2 aromatic rings. The van der Waals surface area contributed by atoms with E-state index in [2.05, 4.69) is 134 Å². The van der Waals surface area contributed by atoms with Gasteiger partial charge in [0.2, 0.25) is 0 Å². The van der Waals surface area contributed by atoms with Crippen LogP contribution in [0.5, 0.6) is 0 Å². The smallest absolute Gasteiger partial charge is 0.447 e. The first-order valence-corrected chi connectivity index (χ1v) is 12.0. The molecular weight excluding hydrogens is 611 g/mol. The number of nitrogens with zero attached hydrogens (tertiary/aromatic N) is 4. The molecule has 0 N–H and O–H groups in total. The van der Waals surface area contributed by atoms with E-state index >= 15 is 0 Å². The second-order valence-corrected chi connectivity index (χ2v) is 11.4. The third-order valence-electron chi connectivity index (χ3n) is 6.53. The van der Waals surface area contributed by atoms with Crippen LogP contribution in [0.2, 0.25) is 0 Å². The minimum atomic E-state index is 0. The average Bonchev–Trinajstić information content (AvgIpc) is 3.37. The SMILES string of the molecule is CC(C)(C)C(c1[c-]cccc1)n1cc2ccc3cn(C(c4[c-]cccc4)C(C)(C)C)[cH-]n-3n-2[cH-]1.[Pt+4]. The van der Waals surface area contributed by atoms with Crippen molar-refractivity contribution in [2.75, 3.05) is 0 Å². The van der Waals surface area contributed by atoms with Crippen molar-refractivity contribution in [1.29, 1.82) is 0 Å². The predicted octanol–water partition coefficient (Wildman–Crippen LogP) is 7.18. The fourth-order valence-electron chi connectivity index (χ4n) is 5.23. The van der Waals surface area contributed by atoms with Crippen LogP contribution in [0.3, 0.4) is 0 Å². The molecule has 184 valence electrons. The first-order valence-electron chi connectivity index (χ1n) is 12.0. The minimum absolute atomic E-state index is 0. The molecule has 0 amide bonds. The molecule has 0 radical (unpaired) electrons. The molecule has 3 aliphatic heterocycles. The predicted molar refractivity (Wildman–Crippen MR) is 138 cm³/mol. The van der Waals surface area contributed by atoms with Crippen LogP contribution in [0.15, 0.2) is 85.7 Å². The third kappa shape index (κ3) is 4.86. The molecule has 0 bridgehead atoms. The minimum Gasteiger partial charge on any atom is -0.447 e. The molecule has 0 spiro atoms. The van der Waals surface area contributed by atoms with Gasteiger partial charge in [0.15, 0.2) is 0 Å². The zero-order valence-corrected chi connectivity index (χ0v) is 23.6. The van der Waals surface area contributed by atoms with Crippen LogP contribution < -0.4 is 0 Å². The standard InChI is InChI=1S/C30H34N4.Pt/c1-29(2,3)27(23-13-9-7-10-14-23)31-19-25-17-18-26-20-32(22-34(26)33(25)21-31)28(30(4,5)6)24-15-11-8-12-16-24;/h7-13,15,17-22,27-28H,1-6H3;/q-4;+4. The summed E-state index contributed by atoms with van der Waals surface area (Å²) in [5.41, 5.74) is 4.76. The van der Waals surface area contributed by atoms with E-state index in [1.807, 2.05) is 24.3 Å². The fourth-order valence-corrected chi connectivity index (χ4v) is 5.23. The molecule has 4 nitrogen and oxygen atoms in total. The molecule has 0 aromatic heterocycles. The van der Waals surface area contributed by atoms with E-state index in [4.69, 9.17) is 0 Å². The van der Waals surface area contributed by atoms with Gasteiger partial charge in [0.1, 0.15) is 0 Å². The molecule has 35 heavy (non-hydrogen) atoms. The van der Waals surface area contributed by atoms with Gasteiger partial charge in [0, 0.05) is 12.1 Å². The number of imidazole rings is 2. The Hall–Kier alpha value is -2.71. The summed E-state index contributed by atoms with van der Waals surface area (Å²) in [6, 6.07) is 28.3. The molecule has 3 aliphatic rings. The zero-order chi connectivity index (χ0) is 24.1. The van der Waals surface area contributed by atoms with Crippen molar-refractivity contribution in [2.45, 2.75) is 53.6 Å². The Labute approximate surface area is 223 Å². The van der Waals surface area contributed by atoms with Crippen molar-refractivity contribution >= 4 is 0 Å². The monoisotopic (exact) mass is 645 g/mol. The van der Waals surface area contributed by atoms with Gasteiger partial charge in [0.05, 0.1) is 0 Å². The molecule has 5 rings (SSSR count). The second kappa shape index (κ2) is 9.39. The van der Waals surface area contributed by atoms with Crippen LogP contribution in [0, 0.1) is 23.0 Å². The van der Waals surface area contributed by atoms with Crippen molar-refractivity contribution < 1.29 is 21.1 Å². The Bertz CT molecular complexity index is 1220. The number of fused-ring (bicyclic) bond motifs is 3. The second-order valence-electron chi connectivity index (χ2n) is 11.4. The number of aromatic nitrogens is 4. The van der Waals surface area contributed by atoms with Crippen LogP contribution in [-0.2, 0) is 21.1 Å². The Morgan fingerprint density at radius 3 is 1.34 bits per heavy atom. The molecule has 2 aromatic carbocycles. The molecule has 2 atom stereocenters. The summed E-state index contributed by atoms with van der Waals surface area (Å²) < 4.78 is 9.14. The van der Waals surface area contributed by atoms with Gasteiger partial charge in [-0.15, -0.1) is 35.7 Å². The normalized spacial score (nSPS) is 14.1. The van der Waals surface area contributed by atoms with E-state index in [-0.39, 0.29) is 44.0 Å². The third-order valence-corrected chi connectivity index (χ3v) is 6.53. The molecule has 0 saturated carbocycles. The van der Waals surface area contributed by atoms with Gasteiger partial charge in [0.25, 0.3) is 0 Å². The molecular formula is C30H34N4Pt. The quantitative estimate of drug-likeness (QED) is 0.185. The van der Waals surface area contributed by atoms with Crippen LogP contribution >= 0.6 is 0 Å². The fraction of sp³-hybridized carbons (Fsp3) is 0.333. The Morgan fingerprint density at radius 2 is 1.03 bits per heavy atom. The Balaban J connectivity index is 0.00000289. The summed E-state index contributed by atoms with van der Waals surface area (Å²) in [6.07, 6.45) is 8.91. The summed E-state index contributed by atoms with van der Waals surface area (Å²) in [6.45, 7) is 13.7. The zero-order valence-electron chi connectivity index (χ0n) is 21.3. The summed E-state index contributed by atoms with van der Waals surface area (Å²) in [5.74, 6) is 0. The molecule has 2 unspecified atom stereocenters. The van der Waals surface area contributed by atoms with Gasteiger partial charge in [-0.25, -0.2) is 0 Å². The largest absolute Gasteiger partial charge is 4.00 e. The van der Waals surface area contributed by atoms with Crippen molar-refractivity contribution in [1.82, 2.24) is 18.5 Å². The molecule has 0 fully saturated rings. The van der Waals surface area contributed by atoms with E-state index in [1.54, 1.807) is 0 Å². The number of hydrogen-bond acceptors (Lipinski definition) is 0. The van der Waals surface area contributed by atoms with Gasteiger partial charge in [-0.3, -0.25) is 0 Å². The van der Waals surface area contributed by atoms with Gasteiger partial charge < -0.3 is 18.5 Å². The van der Waals surface area contributed by atoms with Crippen LogP contribution in [0.25, 0.3) is 11.4 Å². The molecule has 0 aliphatic carbocycles. The first-order chi connectivity index (χ1) is 16.1. The van der Waals surface area contributed by atoms with Crippen LogP contribution in [0.1, 0.15) is 64.8 Å². The van der Waals surface area contributed by atoms with Crippen molar-refractivity contribution in [2.24, 2.45) is 10.8 Å². The average molecular weight is 646 g/mol. The van der Waals surface area contributed by atoms with E-state index in [1.165, 1.54) is 11.1 Å². The van der Waals surface area contributed by atoms with Gasteiger partial charge in [-0.1, -0.05) is 52.9 Å². The maximum atomic E-state index is 3.46. The summed E-state index contributed by atoms with van der Waals surface area (Å²) >= 11 is 0. The van der Waals surface area contributed by atoms with Crippen molar-refractivity contribution in [3.05, 3.63) is 109 Å². The van der Waals surface area contributed by atoms with Crippen LogP contribution in [-0.4, -0.2) is 18.5 Å². The van der Waals surface area contributed by atoms with E-state index in [9.17, 15) is 0 Å². The van der Waals surface area contributed by atoms with Gasteiger partial charge in [-0.05, 0) is 23.5 Å². The summed E-state index contributed by atoms with van der Waals surface area (Å²) in [5, 5.41) is 0. The first kappa shape index (κ1) is 25.4. The number of hydrogen-bond donors (Lipinski definition) is 0. The molecule has 5 heteroatoms. The van der Waals surface area contributed by atoms with E-state index < -0.39 is 0 Å².